The maximum Gasteiger partial charge on any atom is 0.249 e. The molecule has 0 fully saturated rings. The first-order chi connectivity index (χ1) is 8.59. The molecule has 0 aliphatic heterocycles. The molecule has 92 valence electrons. The maximum atomic E-state index is 5.71. The minimum absolute atomic E-state index is 0.240. The number of ether oxygens (including phenoxy) is 1. The molecule has 0 aliphatic carbocycles. The van der Waals surface area contributed by atoms with Gasteiger partial charge in [-0.15, -0.1) is 5.10 Å². The van der Waals surface area contributed by atoms with E-state index in [1.807, 2.05) is 13.8 Å². The number of aryl methyl sites for hydroxylation is 1. The van der Waals surface area contributed by atoms with Gasteiger partial charge in [0.15, 0.2) is 0 Å². The molecule has 5 nitrogen and oxygen atoms in total. The van der Waals surface area contributed by atoms with Crippen LogP contribution in [0.15, 0.2) is 24.5 Å². The SMILES string of the molecule is Cc1nnc(Oc2cccnc2)c(C(N)=S)c1C. The van der Waals surface area contributed by atoms with Gasteiger partial charge in [0, 0.05) is 6.20 Å². The van der Waals surface area contributed by atoms with E-state index in [4.69, 9.17) is 22.7 Å². The Morgan fingerprint density at radius 2 is 2.11 bits per heavy atom. The molecule has 0 bridgehead atoms. The van der Waals surface area contributed by atoms with Crippen LogP contribution in [0.1, 0.15) is 16.8 Å². The summed E-state index contributed by atoms with van der Waals surface area (Å²) in [6.07, 6.45) is 3.24. The Labute approximate surface area is 110 Å². The molecule has 2 heterocycles. The maximum absolute atomic E-state index is 5.71. The second-order valence-electron chi connectivity index (χ2n) is 3.75. The van der Waals surface area contributed by atoms with E-state index in [9.17, 15) is 0 Å². The molecule has 0 saturated carbocycles. The highest BCUT2D eigenvalue weighted by molar-refractivity contribution is 7.80. The highest BCUT2D eigenvalue weighted by atomic mass is 32.1. The van der Waals surface area contributed by atoms with Gasteiger partial charge in [-0.3, -0.25) is 4.98 Å². The first-order valence-corrected chi connectivity index (χ1v) is 5.72. The molecule has 0 radical (unpaired) electrons. The predicted octanol–water partition coefficient (Wildman–Crippen LogP) is 1.91. The number of nitrogens with zero attached hydrogens (tertiary/aromatic N) is 3. The summed E-state index contributed by atoms with van der Waals surface area (Å²) in [6, 6.07) is 3.54. The van der Waals surface area contributed by atoms with Crippen molar-refractivity contribution in [2.45, 2.75) is 13.8 Å². The topological polar surface area (TPSA) is 73.9 Å². The molecule has 0 unspecified atom stereocenters. The van der Waals surface area contributed by atoms with Gasteiger partial charge < -0.3 is 10.5 Å². The second kappa shape index (κ2) is 5.05. The van der Waals surface area contributed by atoms with Gasteiger partial charge >= 0.3 is 0 Å². The van der Waals surface area contributed by atoms with Crippen LogP contribution >= 0.6 is 12.2 Å². The van der Waals surface area contributed by atoms with Gasteiger partial charge in [-0.1, -0.05) is 12.2 Å². The quantitative estimate of drug-likeness (QED) is 0.850. The van der Waals surface area contributed by atoms with Crippen molar-refractivity contribution in [1.29, 1.82) is 0 Å². The smallest absolute Gasteiger partial charge is 0.249 e. The molecule has 0 aliphatic rings. The molecular weight excluding hydrogens is 248 g/mol. The van der Waals surface area contributed by atoms with E-state index in [0.29, 0.717) is 17.2 Å². The molecule has 0 aromatic carbocycles. The van der Waals surface area contributed by atoms with E-state index in [0.717, 1.165) is 11.3 Å². The number of rotatable bonds is 3. The molecule has 6 heteroatoms. The summed E-state index contributed by atoms with van der Waals surface area (Å²) in [5.74, 6) is 0.867. The van der Waals surface area contributed by atoms with Gasteiger partial charge in [0.2, 0.25) is 5.88 Å². The lowest BCUT2D eigenvalue weighted by Crippen LogP contribution is -2.15. The summed E-state index contributed by atoms with van der Waals surface area (Å²) in [5.41, 5.74) is 7.96. The lowest BCUT2D eigenvalue weighted by atomic mass is 10.1. The van der Waals surface area contributed by atoms with Crippen LogP contribution in [0, 0.1) is 13.8 Å². The average Bonchev–Trinajstić information content (AvgIpc) is 2.35. The van der Waals surface area contributed by atoms with Crippen LogP contribution in [0.4, 0.5) is 0 Å². The lowest BCUT2D eigenvalue weighted by Gasteiger charge is -2.11. The third-order valence-corrected chi connectivity index (χ3v) is 2.72. The van der Waals surface area contributed by atoms with E-state index >= 15 is 0 Å². The normalized spacial score (nSPS) is 10.1. The Bertz CT molecular complexity index is 586. The van der Waals surface area contributed by atoms with E-state index < -0.39 is 0 Å². The van der Waals surface area contributed by atoms with Gasteiger partial charge in [-0.05, 0) is 31.5 Å². The number of thiocarbonyl (C=S) groups is 1. The van der Waals surface area contributed by atoms with Crippen molar-refractivity contribution in [3.05, 3.63) is 41.3 Å². The van der Waals surface area contributed by atoms with Gasteiger partial charge in [0.05, 0.1) is 17.5 Å². The zero-order chi connectivity index (χ0) is 13.1. The van der Waals surface area contributed by atoms with Crippen molar-refractivity contribution in [3.8, 4) is 11.6 Å². The van der Waals surface area contributed by atoms with E-state index in [2.05, 4.69) is 15.2 Å². The largest absolute Gasteiger partial charge is 0.435 e. The first kappa shape index (κ1) is 12.4. The highest BCUT2D eigenvalue weighted by Gasteiger charge is 2.15. The molecule has 2 rings (SSSR count). The number of nitrogens with two attached hydrogens (primary N) is 1. The summed E-state index contributed by atoms with van der Waals surface area (Å²) < 4.78 is 5.60. The average molecular weight is 260 g/mol. The van der Waals surface area contributed by atoms with Crippen molar-refractivity contribution >= 4 is 17.2 Å². The summed E-state index contributed by atoms with van der Waals surface area (Å²) in [7, 11) is 0. The molecule has 2 aromatic heterocycles. The molecule has 18 heavy (non-hydrogen) atoms. The van der Waals surface area contributed by atoms with Crippen molar-refractivity contribution in [1.82, 2.24) is 15.2 Å². The van der Waals surface area contributed by atoms with Crippen molar-refractivity contribution < 1.29 is 4.74 Å². The fourth-order valence-electron chi connectivity index (χ4n) is 1.47. The Hall–Kier alpha value is -2.08. The van der Waals surface area contributed by atoms with Crippen molar-refractivity contribution in [2.24, 2.45) is 5.73 Å². The molecular formula is C12H12N4OS. The Kier molecular flexibility index (Phi) is 3.47. The highest BCUT2D eigenvalue weighted by Crippen LogP contribution is 2.25. The minimum Gasteiger partial charge on any atom is -0.435 e. The van der Waals surface area contributed by atoms with Crippen LogP contribution in [0.2, 0.25) is 0 Å². The molecule has 2 aromatic rings. The Morgan fingerprint density at radius 3 is 2.72 bits per heavy atom. The fourth-order valence-corrected chi connectivity index (χ4v) is 1.71. The summed E-state index contributed by atoms with van der Waals surface area (Å²) in [5, 5.41) is 8.00. The fraction of sp³-hybridized carbons (Fsp3) is 0.167. The number of hydrogen-bond acceptors (Lipinski definition) is 5. The van der Waals surface area contributed by atoms with Crippen molar-refractivity contribution in [2.75, 3.05) is 0 Å². The summed E-state index contributed by atoms with van der Waals surface area (Å²) in [6.45, 7) is 3.73. The number of pyridine rings is 1. The zero-order valence-corrected chi connectivity index (χ0v) is 10.9. The lowest BCUT2D eigenvalue weighted by molar-refractivity contribution is 0.450. The molecule has 2 N–H and O–H groups in total. The first-order valence-electron chi connectivity index (χ1n) is 5.31. The zero-order valence-electron chi connectivity index (χ0n) is 10.0. The van der Waals surface area contributed by atoms with Crippen LogP contribution < -0.4 is 10.5 Å². The third kappa shape index (κ3) is 2.43. The second-order valence-corrected chi connectivity index (χ2v) is 4.19. The standard InChI is InChI=1S/C12H12N4OS/c1-7-8(2)15-16-12(10(7)11(13)18)17-9-4-3-5-14-6-9/h3-6H,1-2H3,(H2,13,18). The third-order valence-electron chi connectivity index (χ3n) is 2.52. The van der Waals surface area contributed by atoms with E-state index in [1.54, 1.807) is 24.5 Å². The molecule has 0 amide bonds. The minimum atomic E-state index is 0.240. The van der Waals surface area contributed by atoms with Crippen LogP contribution in [0.25, 0.3) is 0 Å². The van der Waals surface area contributed by atoms with Crippen LogP contribution in [0.5, 0.6) is 11.6 Å². The van der Waals surface area contributed by atoms with Gasteiger partial charge in [-0.2, -0.15) is 5.10 Å². The molecule has 0 atom stereocenters. The molecule has 0 saturated heterocycles. The Morgan fingerprint density at radius 1 is 1.33 bits per heavy atom. The van der Waals surface area contributed by atoms with Gasteiger partial charge in [-0.25, -0.2) is 0 Å². The van der Waals surface area contributed by atoms with Crippen molar-refractivity contribution in [3.63, 3.8) is 0 Å². The van der Waals surface area contributed by atoms with Crippen LogP contribution in [-0.2, 0) is 0 Å². The number of aromatic nitrogens is 3. The molecule has 0 spiro atoms. The van der Waals surface area contributed by atoms with Crippen LogP contribution in [0.3, 0.4) is 0 Å². The summed E-state index contributed by atoms with van der Waals surface area (Å²) in [4.78, 5) is 4.20. The number of hydrogen-bond donors (Lipinski definition) is 1. The van der Waals surface area contributed by atoms with Gasteiger partial charge in [0.1, 0.15) is 10.7 Å². The summed E-state index contributed by atoms with van der Waals surface area (Å²) >= 11 is 5.03. The monoisotopic (exact) mass is 260 g/mol. The Balaban J connectivity index is 2.45. The predicted molar refractivity (Wildman–Crippen MR) is 71.7 cm³/mol. The van der Waals surface area contributed by atoms with Crippen LogP contribution in [-0.4, -0.2) is 20.2 Å². The van der Waals surface area contributed by atoms with Gasteiger partial charge in [0.25, 0.3) is 0 Å². The van der Waals surface area contributed by atoms with E-state index in [-0.39, 0.29) is 4.99 Å². The van der Waals surface area contributed by atoms with E-state index in [1.165, 1.54) is 0 Å².